The Hall–Kier alpha value is -3.20. The van der Waals surface area contributed by atoms with Crippen molar-refractivity contribution in [1.29, 1.82) is 0 Å². The molecule has 39 heavy (non-hydrogen) atoms. The molecule has 10 heteroatoms. The maximum absolute atomic E-state index is 13.4. The third-order valence-corrected chi connectivity index (χ3v) is 8.29. The molecule has 1 aromatic heterocycles. The van der Waals surface area contributed by atoms with Gasteiger partial charge in [0.2, 0.25) is 5.91 Å². The van der Waals surface area contributed by atoms with Gasteiger partial charge in [-0.3, -0.25) is 14.2 Å². The molecule has 202 valence electrons. The highest BCUT2D eigenvalue weighted by Crippen LogP contribution is 2.28. The second-order valence-electron chi connectivity index (χ2n) is 9.17. The lowest BCUT2D eigenvalue weighted by molar-refractivity contribution is -0.131. The lowest BCUT2D eigenvalue weighted by Gasteiger charge is -2.36. The van der Waals surface area contributed by atoms with E-state index in [0.717, 1.165) is 24.5 Å². The van der Waals surface area contributed by atoms with E-state index < -0.39 is 0 Å². The van der Waals surface area contributed by atoms with E-state index in [1.54, 1.807) is 31.4 Å². The number of nitrogens with zero attached hydrogens (tertiary/aromatic N) is 4. The standard InChI is InChI=1S/C29H28Cl2N4O3S/c1-38-22-11-9-21(10-12-22)33-14-16-34(17-15-33)27(36)7-4-18-39-29-32-25-6-3-2-5-23(25)28(37)35(29)26-13-8-20(30)19-24(26)31/h2-3,5-6,8-13,19H,4,7,14-18H2,1H3. The predicted molar refractivity (Wildman–Crippen MR) is 159 cm³/mol. The van der Waals surface area contributed by atoms with Crippen molar-refractivity contribution in [3.63, 3.8) is 0 Å². The summed E-state index contributed by atoms with van der Waals surface area (Å²) in [6.07, 6.45) is 1.11. The summed E-state index contributed by atoms with van der Waals surface area (Å²) in [5.74, 6) is 1.61. The number of aromatic nitrogens is 2. The number of rotatable bonds is 8. The van der Waals surface area contributed by atoms with Gasteiger partial charge in [-0.25, -0.2) is 4.98 Å². The quantitative estimate of drug-likeness (QED) is 0.146. The molecule has 1 fully saturated rings. The summed E-state index contributed by atoms with van der Waals surface area (Å²) in [5.41, 5.74) is 2.09. The molecule has 2 heterocycles. The Morgan fingerprint density at radius 2 is 1.74 bits per heavy atom. The van der Waals surface area contributed by atoms with Crippen LogP contribution in [0.5, 0.6) is 5.75 Å². The number of halogens is 2. The van der Waals surface area contributed by atoms with Crippen LogP contribution in [0.3, 0.4) is 0 Å². The molecule has 7 nitrogen and oxygen atoms in total. The summed E-state index contributed by atoms with van der Waals surface area (Å²) in [4.78, 5) is 35.3. The zero-order valence-electron chi connectivity index (χ0n) is 21.5. The van der Waals surface area contributed by atoms with Crippen LogP contribution in [0, 0.1) is 0 Å². The molecule has 0 bridgehead atoms. The van der Waals surface area contributed by atoms with Crippen LogP contribution in [0.4, 0.5) is 5.69 Å². The minimum Gasteiger partial charge on any atom is -0.497 e. The average molecular weight is 584 g/mol. The van der Waals surface area contributed by atoms with Crippen molar-refractivity contribution in [2.24, 2.45) is 0 Å². The lowest BCUT2D eigenvalue weighted by Crippen LogP contribution is -2.48. The molecule has 1 aliphatic rings. The number of benzene rings is 3. The molecular formula is C29H28Cl2N4O3S. The van der Waals surface area contributed by atoms with E-state index in [1.807, 2.05) is 47.4 Å². The van der Waals surface area contributed by atoms with Crippen LogP contribution in [-0.2, 0) is 4.79 Å². The van der Waals surface area contributed by atoms with Crippen LogP contribution < -0.4 is 15.2 Å². The molecule has 0 atom stereocenters. The van der Waals surface area contributed by atoms with Gasteiger partial charge in [0.15, 0.2) is 5.16 Å². The fraction of sp³-hybridized carbons (Fsp3) is 0.276. The van der Waals surface area contributed by atoms with Gasteiger partial charge in [0.1, 0.15) is 5.75 Å². The largest absolute Gasteiger partial charge is 0.497 e. The number of para-hydroxylation sites is 1. The summed E-state index contributed by atoms with van der Waals surface area (Å²) in [7, 11) is 1.66. The topological polar surface area (TPSA) is 67.7 Å². The molecule has 0 spiro atoms. The van der Waals surface area contributed by atoms with Crippen LogP contribution in [0.2, 0.25) is 10.0 Å². The Morgan fingerprint density at radius 3 is 2.46 bits per heavy atom. The zero-order chi connectivity index (χ0) is 27.4. The van der Waals surface area contributed by atoms with Gasteiger partial charge in [-0.2, -0.15) is 0 Å². The van der Waals surface area contributed by atoms with Crippen molar-refractivity contribution in [2.45, 2.75) is 18.0 Å². The van der Waals surface area contributed by atoms with E-state index in [4.69, 9.17) is 32.9 Å². The Morgan fingerprint density at radius 1 is 1.00 bits per heavy atom. The molecule has 0 aliphatic carbocycles. The Balaban J connectivity index is 1.21. The number of fused-ring (bicyclic) bond motifs is 1. The Bertz CT molecular complexity index is 1540. The number of hydrogen-bond acceptors (Lipinski definition) is 6. The zero-order valence-corrected chi connectivity index (χ0v) is 23.8. The molecule has 1 amide bonds. The summed E-state index contributed by atoms with van der Waals surface area (Å²) in [6.45, 7) is 2.97. The van der Waals surface area contributed by atoms with Crippen LogP contribution >= 0.6 is 35.0 Å². The van der Waals surface area contributed by atoms with Crippen molar-refractivity contribution in [1.82, 2.24) is 14.5 Å². The lowest BCUT2D eigenvalue weighted by atomic mass is 10.2. The predicted octanol–water partition coefficient (Wildman–Crippen LogP) is 5.92. The molecule has 4 aromatic rings. The third-order valence-electron chi connectivity index (χ3n) is 6.73. The summed E-state index contributed by atoms with van der Waals surface area (Å²) in [6, 6.07) is 20.3. The van der Waals surface area contributed by atoms with E-state index in [1.165, 1.54) is 16.3 Å². The van der Waals surface area contributed by atoms with Crippen LogP contribution in [0.15, 0.2) is 76.7 Å². The van der Waals surface area contributed by atoms with Crippen LogP contribution in [0.25, 0.3) is 16.6 Å². The van der Waals surface area contributed by atoms with Crippen molar-refractivity contribution < 1.29 is 9.53 Å². The maximum Gasteiger partial charge on any atom is 0.266 e. The fourth-order valence-corrected chi connectivity index (χ4v) is 6.07. The first-order valence-corrected chi connectivity index (χ1v) is 14.5. The first kappa shape index (κ1) is 27.4. The molecule has 1 saturated heterocycles. The molecular weight excluding hydrogens is 555 g/mol. The fourth-order valence-electron chi connectivity index (χ4n) is 4.64. The minimum atomic E-state index is -0.196. The number of amides is 1. The van der Waals surface area contributed by atoms with E-state index in [2.05, 4.69) is 4.90 Å². The van der Waals surface area contributed by atoms with Gasteiger partial charge in [0.25, 0.3) is 5.56 Å². The molecule has 3 aromatic carbocycles. The molecule has 1 aliphatic heterocycles. The van der Waals surface area contributed by atoms with Crippen LogP contribution in [-0.4, -0.2) is 59.4 Å². The first-order valence-electron chi connectivity index (χ1n) is 12.7. The number of carbonyl (C=O) groups excluding carboxylic acids is 1. The number of hydrogen-bond donors (Lipinski definition) is 0. The van der Waals surface area contributed by atoms with Gasteiger partial charge >= 0.3 is 0 Å². The van der Waals surface area contributed by atoms with E-state index in [-0.39, 0.29) is 11.5 Å². The highest BCUT2D eigenvalue weighted by molar-refractivity contribution is 7.99. The van der Waals surface area contributed by atoms with E-state index in [9.17, 15) is 9.59 Å². The first-order chi connectivity index (χ1) is 18.9. The van der Waals surface area contributed by atoms with Gasteiger partial charge in [-0.15, -0.1) is 0 Å². The maximum atomic E-state index is 13.4. The van der Waals surface area contributed by atoms with Crippen molar-refractivity contribution in [3.8, 4) is 11.4 Å². The Labute approximate surface area is 241 Å². The number of ether oxygens (including phenoxy) is 1. The molecule has 0 radical (unpaired) electrons. The van der Waals surface area contributed by atoms with Gasteiger partial charge in [0, 0.05) is 49.1 Å². The van der Waals surface area contributed by atoms with Gasteiger partial charge < -0.3 is 14.5 Å². The van der Waals surface area contributed by atoms with Gasteiger partial charge in [-0.05, 0) is 61.0 Å². The number of piperazine rings is 1. The normalized spacial score (nSPS) is 13.6. The number of thioether (sulfide) groups is 1. The summed E-state index contributed by atoms with van der Waals surface area (Å²) in [5, 5.41) is 1.90. The summed E-state index contributed by atoms with van der Waals surface area (Å²) < 4.78 is 6.77. The minimum absolute atomic E-state index is 0.148. The highest BCUT2D eigenvalue weighted by Gasteiger charge is 2.21. The summed E-state index contributed by atoms with van der Waals surface area (Å²) >= 11 is 14.0. The van der Waals surface area contributed by atoms with Crippen LogP contribution in [0.1, 0.15) is 12.8 Å². The van der Waals surface area contributed by atoms with Crippen molar-refractivity contribution in [3.05, 3.63) is 87.1 Å². The number of methoxy groups -OCH3 is 1. The van der Waals surface area contributed by atoms with E-state index in [0.29, 0.717) is 63.5 Å². The second kappa shape index (κ2) is 12.3. The van der Waals surface area contributed by atoms with Crippen molar-refractivity contribution in [2.75, 3.05) is 43.9 Å². The highest BCUT2D eigenvalue weighted by atomic mass is 35.5. The monoisotopic (exact) mass is 582 g/mol. The Kier molecular flexibility index (Phi) is 8.65. The SMILES string of the molecule is COc1ccc(N2CCN(C(=O)CCCSc3nc4ccccc4c(=O)n3-c3ccc(Cl)cc3Cl)CC2)cc1. The smallest absolute Gasteiger partial charge is 0.266 e. The average Bonchev–Trinajstić information content (AvgIpc) is 2.96. The number of carbonyl (C=O) groups is 1. The molecule has 0 N–H and O–H groups in total. The number of anilines is 1. The van der Waals surface area contributed by atoms with E-state index >= 15 is 0 Å². The van der Waals surface area contributed by atoms with Gasteiger partial charge in [0.05, 0.1) is 28.7 Å². The molecule has 0 unspecified atom stereocenters. The molecule has 0 saturated carbocycles. The second-order valence-corrected chi connectivity index (χ2v) is 11.1. The van der Waals surface area contributed by atoms with Crippen molar-refractivity contribution >= 4 is 57.5 Å². The van der Waals surface area contributed by atoms with Gasteiger partial charge in [-0.1, -0.05) is 47.1 Å². The molecule has 5 rings (SSSR count). The third kappa shape index (κ3) is 6.19.